The quantitative estimate of drug-likeness (QED) is 0.255. The Kier molecular flexibility index (Phi) is 10.7. The lowest BCUT2D eigenvalue weighted by atomic mass is 10.0. The van der Waals surface area contributed by atoms with Crippen LogP contribution < -0.4 is 16.0 Å². The van der Waals surface area contributed by atoms with Gasteiger partial charge in [0, 0.05) is 16.4 Å². The molecular weight excluding hydrogens is 593 g/mol. The molecule has 0 aliphatic rings. The van der Waals surface area contributed by atoms with E-state index in [0.717, 1.165) is 9.13 Å². The van der Waals surface area contributed by atoms with Gasteiger partial charge in [0.15, 0.2) is 0 Å². The number of phenols is 1. The van der Waals surface area contributed by atoms with Crippen LogP contribution in [0.1, 0.15) is 38.8 Å². The summed E-state index contributed by atoms with van der Waals surface area (Å²) in [7, 11) is 0. The Morgan fingerprint density at radius 3 is 1.86 bits per heavy atom. The highest BCUT2D eigenvalue weighted by Crippen LogP contribution is 2.13. The second kappa shape index (κ2) is 13.3. The Labute approximate surface area is 229 Å². The Balaban J connectivity index is 2.08. The van der Waals surface area contributed by atoms with Crippen LogP contribution in [0.25, 0.3) is 0 Å². The van der Waals surface area contributed by atoms with Crippen molar-refractivity contribution in [2.75, 3.05) is 0 Å². The summed E-state index contributed by atoms with van der Waals surface area (Å²) in [4.78, 5) is 49.9. The number of amides is 3. The number of aromatic hydroxyl groups is 1. The van der Waals surface area contributed by atoms with Gasteiger partial charge in [0.25, 0.3) is 0 Å². The fourth-order valence-electron chi connectivity index (χ4n) is 3.26. The fraction of sp³-hybridized carbons (Fsp3) is 0.385. The number of carboxylic acids is 1. The van der Waals surface area contributed by atoms with Gasteiger partial charge in [0.05, 0.1) is 0 Å². The third-order valence-electron chi connectivity index (χ3n) is 5.10. The largest absolute Gasteiger partial charge is 0.508 e. The Bertz CT molecular complexity index is 1100. The van der Waals surface area contributed by atoms with E-state index in [0.29, 0.717) is 5.56 Å². The minimum Gasteiger partial charge on any atom is -0.508 e. The molecule has 2 rings (SSSR count). The van der Waals surface area contributed by atoms with Crippen molar-refractivity contribution in [3.05, 3.63) is 63.2 Å². The first-order valence-corrected chi connectivity index (χ1v) is 12.7. The van der Waals surface area contributed by atoms with E-state index in [9.17, 15) is 29.4 Å². The number of alkyl carbamates (subject to hydrolysis) is 1. The van der Waals surface area contributed by atoms with Gasteiger partial charge < -0.3 is 30.9 Å². The van der Waals surface area contributed by atoms with E-state index in [2.05, 4.69) is 38.5 Å². The maximum absolute atomic E-state index is 13.0. The van der Waals surface area contributed by atoms with Crippen LogP contribution in [-0.2, 0) is 32.0 Å². The molecule has 0 heterocycles. The van der Waals surface area contributed by atoms with E-state index in [-0.39, 0.29) is 18.6 Å². The summed E-state index contributed by atoms with van der Waals surface area (Å²) < 4.78 is 6.25. The van der Waals surface area contributed by atoms with Gasteiger partial charge in [-0.3, -0.25) is 9.59 Å². The lowest BCUT2D eigenvalue weighted by molar-refractivity contribution is -0.142. The summed E-state index contributed by atoms with van der Waals surface area (Å²) in [6.45, 7) is 6.47. The molecule has 2 aromatic carbocycles. The minimum atomic E-state index is -1.21. The Morgan fingerprint density at radius 1 is 0.838 bits per heavy atom. The molecule has 0 unspecified atom stereocenters. The van der Waals surface area contributed by atoms with E-state index < -0.39 is 47.6 Å². The zero-order chi connectivity index (χ0) is 27.8. The lowest BCUT2D eigenvalue weighted by Gasteiger charge is -2.25. The van der Waals surface area contributed by atoms with Crippen molar-refractivity contribution in [3.8, 4) is 5.75 Å². The first-order chi connectivity index (χ1) is 17.2. The van der Waals surface area contributed by atoms with Crippen LogP contribution >= 0.6 is 22.6 Å². The molecule has 0 saturated heterocycles. The molecule has 0 fully saturated rings. The molecule has 0 spiro atoms. The average molecular weight is 625 g/mol. The van der Waals surface area contributed by atoms with Crippen molar-refractivity contribution in [1.29, 1.82) is 0 Å². The number of carbonyl (C=O) groups is 4. The highest BCUT2D eigenvalue weighted by atomic mass is 127. The molecule has 11 heteroatoms. The molecule has 2 aromatic rings. The predicted molar refractivity (Wildman–Crippen MR) is 145 cm³/mol. The molecule has 5 N–H and O–H groups in total. The number of aliphatic carboxylic acids is 1. The molecule has 0 saturated carbocycles. The molecule has 37 heavy (non-hydrogen) atoms. The third kappa shape index (κ3) is 10.7. The summed E-state index contributed by atoms with van der Waals surface area (Å²) >= 11 is 2.14. The van der Waals surface area contributed by atoms with E-state index >= 15 is 0 Å². The van der Waals surface area contributed by atoms with Gasteiger partial charge >= 0.3 is 12.1 Å². The first kappa shape index (κ1) is 29.9. The van der Waals surface area contributed by atoms with Gasteiger partial charge in [-0.05, 0) is 85.7 Å². The number of nitrogens with one attached hydrogen (secondary N) is 3. The van der Waals surface area contributed by atoms with Crippen molar-refractivity contribution < 1.29 is 34.1 Å². The molecule has 0 radical (unpaired) electrons. The predicted octanol–water partition coefficient (Wildman–Crippen LogP) is 2.75. The smallest absolute Gasteiger partial charge is 0.408 e. The average Bonchev–Trinajstić information content (AvgIpc) is 2.79. The maximum Gasteiger partial charge on any atom is 0.408 e. The number of ether oxygens (including phenoxy) is 1. The Morgan fingerprint density at radius 2 is 1.35 bits per heavy atom. The molecule has 0 aliphatic carbocycles. The van der Waals surface area contributed by atoms with Gasteiger partial charge in [-0.25, -0.2) is 9.59 Å². The second-order valence-corrected chi connectivity index (χ2v) is 10.8. The van der Waals surface area contributed by atoms with Crippen molar-refractivity contribution in [1.82, 2.24) is 16.0 Å². The minimum absolute atomic E-state index is 0.0494. The highest BCUT2D eigenvalue weighted by molar-refractivity contribution is 14.1. The van der Waals surface area contributed by atoms with Crippen molar-refractivity contribution in [2.24, 2.45) is 0 Å². The number of carbonyl (C=O) groups excluding carboxylic acids is 3. The van der Waals surface area contributed by atoms with Crippen LogP contribution in [0.4, 0.5) is 4.79 Å². The Hall–Kier alpha value is -3.35. The zero-order valence-electron chi connectivity index (χ0n) is 21.1. The molecule has 10 nitrogen and oxygen atoms in total. The van der Waals surface area contributed by atoms with Gasteiger partial charge in [-0.15, -0.1) is 0 Å². The van der Waals surface area contributed by atoms with Gasteiger partial charge in [-0.1, -0.05) is 24.3 Å². The molecule has 200 valence electrons. The number of phenolic OH excluding ortho intramolecular Hbond substituents is 1. The van der Waals surface area contributed by atoms with E-state index in [1.54, 1.807) is 45.0 Å². The highest BCUT2D eigenvalue weighted by Gasteiger charge is 2.29. The number of rotatable bonds is 10. The molecule has 3 atom stereocenters. The SMILES string of the molecule is C[C@@H](NC(=O)[C@H](Cc1ccc(O)cc1)NC(=O)OC(C)(C)C)C(=O)N[C@@H](Cc1ccc(I)cc1)C(=O)O. The summed E-state index contributed by atoms with van der Waals surface area (Å²) in [5.41, 5.74) is 0.592. The standard InChI is InChI=1S/C26H32IN3O7/c1-15(22(32)29-21(24(34)35)14-16-5-9-18(27)10-6-16)28-23(33)20(30-25(36)37-26(2,3)4)13-17-7-11-19(31)12-8-17/h5-12,15,20-21,31H,13-14H2,1-4H3,(H,28,33)(H,29,32)(H,30,36)(H,34,35)/t15-,20+,21+/m1/s1. The normalized spacial score (nSPS) is 13.5. The van der Waals surface area contributed by atoms with Crippen LogP contribution in [0.3, 0.4) is 0 Å². The summed E-state index contributed by atoms with van der Waals surface area (Å²) in [5.74, 6) is -2.51. The molecule has 3 amide bonds. The molecule has 0 aromatic heterocycles. The molecular formula is C26H32IN3O7. The lowest BCUT2D eigenvalue weighted by Crippen LogP contribution is -2.55. The van der Waals surface area contributed by atoms with Crippen LogP contribution in [0.2, 0.25) is 0 Å². The topological polar surface area (TPSA) is 154 Å². The fourth-order valence-corrected chi connectivity index (χ4v) is 3.62. The van der Waals surface area contributed by atoms with Crippen molar-refractivity contribution in [2.45, 2.75) is 64.3 Å². The van der Waals surface area contributed by atoms with E-state index in [1.165, 1.54) is 19.1 Å². The maximum atomic E-state index is 13.0. The number of halogens is 1. The summed E-state index contributed by atoms with van der Waals surface area (Å²) in [5, 5.41) is 26.6. The third-order valence-corrected chi connectivity index (χ3v) is 5.82. The van der Waals surface area contributed by atoms with Crippen molar-refractivity contribution in [3.63, 3.8) is 0 Å². The van der Waals surface area contributed by atoms with Crippen LogP contribution in [0, 0.1) is 3.57 Å². The van der Waals surface area contributed by atoms with Crippen LogP contribution in [0.15, 0.2) is 48.5 Å². The van der Waals surface area contributed by atoms with Crippen molar-refractivity contribution >= 4 is 46.5 Å². The van der Waals surface area contributed by atoms with Crippen LogP contribution in [0.5, 0.6) is 5.75 Å². The van der Waals surface area contributed by atoms with Crippen LogP contribution in [-0.4, -0.2) is 57.8 Å². The molecule has 0 aliphatic heterocycles. The monoisotopic (exact) mass is 625 g/mol. The first-order valence-electron chi connectivity index (χ1n) is 11.6. The van der Waals surface area contributed by atoms with Gasteiger partial charge in [0.2, 0.25) is 11.8 Å². The summed E-state index contributed by atoms with van der Waals surface area (Å²) in [6.07, 6.45) is -0.681. The van der Waals surface area contributed by atoms with Gasteiger partial charge in [0.1, 0.15) is 29.5 Å². The molecule has 0 bridgehead atoms. The number of carboxylic acid groups (broad SMARTS) is 1. The van der Waals surface area contributed by atoms with E-state index in [1.807, 2.05) is 12.1 Å². The number of hydrogen-bond acceptors (Lipinski definition) is 6. The number of benzene rings is 2. The summed E-state index contributed by atoms with van der Waals surface area (Å²) in [6, 6.07) is 9.97. The number of hydrogen-bond donors (Lipinski definition) is 5. The second-order valence-electron chi connectivity index (χ2n) is 9.53. The van der Waals surface area contributed by atoms with E-state index in [4.69, 9.17) is 4.74 Å². The van der Waals surface area contributed by atoms with Gasteiger partial charge in [-0.2, -0.15) is 0 Å². The zero-order valence-corrected chi connectivity index (χ0v) is 23.2.